The number of hydrogen-bond donors (Lipinski definition) is 2. The molecule has 1 atom stereocenters. The summed E-state index contributed by atoms with van der Waals surface area (Å²) in [5, 5.41) is 5.61. The molecule has 4 rings (SSSR count). The maximum absolute atomic E-state index is 13.5. The third kappa shape index (κ3) is 4.63. The van der Waals surface area contributed by atoms with Gasteiger partial charge in [0.15, 0.2) is 0 Å². The molecule has 1 fully saturated rings. The number of anilines is 1. The van der Waals surface area contributed by atoms with Crippen molar-refractivity contribution in [2.75, 3.05) is 31.6 Å². The lowest BCUT2D eigenvalue weighted by atomic mass is 9.89. The Morgan fingerprint density at radius 3 is 2.72 bits per heavy atom. The van der Waals surface area contributed by atoms with E-state index in [9.17, 15) is 14.0 Å². The lowest BCUT2D eigenvalue weighted by Gasteiger charge is -2.28. The van der Waals surface area contributed by atoms with Crippen LogP contribution in [0.4, 0.5) is 10.1 Å². The zero-order valence-corrected chi connectivity index (χ0v) is 16.1. The van der Waals surface area contributed by atoms with Gasteiger partial charge in [-0.3, -0.25) is 14.5 Å². The molecular formula is C22H24FN3O3. The molecule has 0 aliphatic carbocycles. The van der Waals surface area contributed by atoms with E-state index in [4.69, 9.17) is 4.74 Å². The number of fused-ring (bicyclic) bond motifs is 1. The van der Waals surface area contributed by atoms with Gasteiger partial charge >= 0.3 is 0 Å². The minimum Gasteiger partial charge on any atom is -0.379 e. The first-order chi connectivity index (χ1) is 14.1. The summed E-state index contributed by atoms with van der Waals surface area (Å²) in [6, 6.07) is 12.2. The molecule has 2 N–H and O–H groups in total. The van der Waals surface area contributed by atoms with Crippen LogP contribution in [0.15, 0.2) is 42.5 Å². The summed E-state index contributed by atoms with van der Waals surface area (Å²) < 4.78 is 18.9. The molecule has 0 saturated carbocycles. The molecule has 0 spiro atoms. The number of nitrogens with one attached hydrogen (secondary N) is 2. The van der Waals surface area contributed by atoms with Gasteiger partial charge in [-0.05, 0) is 28.8 Å². The van der Waals surface area contributed by atoms with Crippen molar-refractivity contribution in [2.24, 2.45) is 0 Å². The zero-order chi connectivity index (χ0) is 20.2. The number of amides is 2. The summed E-state index contributed by atoms with van der Waals surface area (Å²) >= 11 is 0. The van der Waals surface area contributed by atoms with Gasteiger partial charge in [0.05, 0.1) is 19.1 Å². The topological polar surface area (TPSA) is 70.7 Å². The Balaban J connectivity index is 1.45. The fourth-order valence-electron chi connectivity index (χ4n) is 3.86. The van der Waals surface area contributed by atoms with Crippen molar-refractivity contribution < 1.29 is 18.7 Å². The first-order valence-corrected chi connectivity index (χ1v) is 9.84. The molecule has 0 bridgehead atoms. The van der Waals surface area contributed by atoms with E-state index in [1.54, 1.807) is 6.07 Å². The molecule has 2 heterocycles. The highest BCUT2D eigenvalue weighted by Crippen LogP contribution is 2.33. The fourth-order valence-corrected chi connectivity index (χ4v) is 3.86. The predicted octanol–water partition coefficient (Wildman–Crippen LogP) is 2.40. The number of carbonyl (C=O) groups excluding carboxylic acids is 2. The van der Waals surface area contributed by atoms with Crippen LogP contribution in [-0.4, -0.2) is 43.0 Å². The molecule has 1 saturated heterocycles. The van der Waals surface area contributed by atoms with Crippen LogP contribution in [0.5, 0.6) is 0 Å². The van der Waals surface area contributed by atoms with Gasteiger partial charge in [0.2, 0.25) is 11.8 Å². The monoisotopic (exact) mass is 397 g/mol. The van der Waals surface area contributed by atoms with Crippen LogP contribution in [-0.2, 0) is 27.4 Å². The van der Waals surface area contributed by atoms with E-state index in [0.29, 0.717) is 17.8 Å². The van der Waals surface area contributed by atoms with Crippen molar-refractivity contribution >= 4 is 17.5 Å². The standard InChI is InChI=1S/C22H24FN3O3/c23-17-5-6-18-19(12-21(27)25-20(18)11-17)22(28)24-13-15-3-1-2-4-16(15)14-26-7-9-29-10-8-26/h1-6,11,19H,7-10,12-14H2,(H,24,28)(H,25,27). The van der Waals surface area contributed by atoms with Gasteiger partial charge in [0, 0.05) is 38.3 Å². The number of morpholine rings is 1. The first kappa shape index (κ1) is 19.5. The average molecular weight is 397 g/mol. The predicted molar refractivity (Wildman–Crippen MR) is 107 cm³/mol. The van der Waals surface area contributed by atoms with Gasteiger partial charge < -0.3 is 15.4 Å². The summed E-state index contributed by atoms with van der Waals surface area (Å²) in [5.41, 5.74) is 3.23. The van der Waals surface area contributed by atoms with Crippen LogP contribution in [0.1, 0.15) is 29.0 Å². The molecule has 0 radical (unpaired) electrons. The summed E-state index contributed by atoms with van der Waals surface area (Å²) in [7, 11) is 0. The minimum atomic E-state index is -0.620. The third-order valence-corrected chi connectivity index (χ3v) is 5.44. The van der Waals surface area contributed by atoms with Crippen molar-refractivity contribution in [3.63, 3.8) is 0 Å². The second kappa shape index (κ2) is 8.71. The van der Waals surface area contributed by atoms with E-state index in [0.717, 1.165) is 38.4 Å². The van der Waals surface area contributed by atoms with Crippen molar-refractivity contribution in [3.8, 4) is 0 Å². The smallest absolute Gasteiger partial charge is 0.228 e. The second-order valence-corrected chi connectivity index (χ2v) is 7.41. The normalized spacial score (nSPS) is 19.3. The lowest BCUT2D eigenvalue weighted by Crippen LogP contribution is -2.36. The lowest BCUT2D eigenvalue weighted by molar-refractivity contribution is -0.126. The second-order valence-electron chi connectivity index (χ2n) is 7.41. The average Bonchev–Trinajstić information content (AvgIpc) is 2.72. The van der Waals surface area contributed by atoms with Crippen molar-refractivity contribution in [3.05, 3.63) is 65.0 Å². The van der Waals surface area contributed by atoms with E-state index in [2.05, 4.69) is 21.6 Å². The molecule has 0 aromatic heterocycles. The van der Waals surface area contributed by atoms with Crippen LogP contribution in [0, 0.1) is 5.82 Å². The summed E-state index contributed by atoms with van der Waals surface area (Å²) in [5.74, 6) is -1.57. The number of ether oxygens (including phenoxy) is 1. The Morgan fingerprint density at radius 2 is 1.93 bits per heavy atom. The van der Waals surface area contributed by atoms with Crippen molar-refractivity contribution in [1.29, 1.82) is 0 Å². The fraction of sp³-hybridized carbons (Fsp3) is 0.364. The molecule has 2 aromatic carbocycles. The number of hydrogen-bond acceptors (Lipinski definition) is 4. The van der Waals surface area contributed by atoms with Crippen LogP contribution in [0.3, 0.4) is 0 Å². The van der Waals surface area contributed by atoms with E-state index < -0.39 is 11.7 Å². The van der Waals surface area contributed by atoms with E-state index in [1.165, 1.54) is 17.7 Å². The van der Waals surface area contributed by atoms with Gasteiger partial charge in [-0.1, -0.05) is 30.3 Å². The molecule has 1 unspecified atom stereocenters. The summed E-state index contributed by atoms with van der Waals surface area (Å²) in [6.45, 7) is 4.46. The maximum Gasteiger partial charge on any atom is 0.228 e. The quantitative estimate of drug-likeness (QED) is 0.813. The minimum absolute atomic E-state index is 0.0554. The molecule has 152 valence electrons. The molecule has 2 amide bonds. The molecular weight excluding hydrogens is 373 g/mol. The third-order valence-electron chi connectivity index (χ3n) is 5.44. The Kier molecular flexibility index (Phi) is 5.87. The van der Waals surface area contributed by atoms with Gasteiger partial charge in [0.25, 0.3) is 0 Å². The highest BCUT2D eigenvalue weighted by atomic mass is 19.1. The molecule has 2 aliphatic rings. The largest absolute Gasteiger partial charge is 0.379 e. The van der Waals surface area contributed by atoms with E-state index in [-0.39, 0.29) is 18.2 Å². The number of nitrogens with zero attached hydrogens (tertiary/aromatic N) is 1. The molecule has 2 aromatic rings. The Labute approximate surface area is 169 Å². The summed E-state index contributed by atoms with van der Waals surface area (Å²) in [6.07, 6.45) is 0.0554. The van der Waals surface area contributed by atoms with Crippen molar-refractivity contribution in [2.45, 2.75) is 25.4 Å². The zero-order valence-electron chi connectivity index (χ0n) is 16.1. The number of halogens is 1. The van der Waals surface area contributed by atoms with Crippen LogP contribution < -0.4 is 10.6 Å². The molecule has 29 heavy (non-hydrogen) atoms. The van der Waals surface area contributed by atoms with E-state index in [1.807, 2.05) is 18.2 Å². The van der Waals surface area contributed by atoms with Gasteiger partial charge in [0.1, 0.15) is 5.82 Å². The maximum atomic E-state index is 13.5. The van der Waals surface area contributed by atoms with Crippen LogP contribution in [0.25, 0.3) is 0 Å². The van der Waals surface area contributed by atoms with Crippen molar-refractivity contribution in [1.82, 2.24) is 10.2 Å². The van der Waals surface area contributed by atoms with Crippen LogP contribution in [0.2, 0.25) is 0 Å². The number of benzene rings is 2. The van der Waals surface area contributed by atoms with Gasteiger partial charge in [-0.2, -0.15) is 0 Å². The summed E-state index contributed by atoms with van der Waals surface area (Å²) in [4.78, 5) is 27.2. The van der Waals surface area contributed by atoms with Gasteiger partial charge in [-0.15, -0.1) is 0 Å². The number of rotatable bonds is 5. The Bertz CT molecular complexity index is 912. The highest BCUT2D eigenvalue weighted by molar-refractivity contribution is 6.01. The molecule has 7 heteroatoms. The SMILES string of the molecule is O=C1CC(C(=O)NCc2ccccc2CN2CCOCC2)c2ccc(F)cc2N1. The Hall–Kier alpha value is -2.77. The number of carbonyl (C=O) groups is 2. The molecule has 2 aliphatic heterocycles. The highest BCUT2D eigenvalue weighted by Gasteiger charge is 2.30. The Morgan fingerprint density at radius 1 is 1.17 bits per heavy atom. The van der Waals surface area contributed by atoms with Gasteiger partial charge in [-0.25, -0.2) is 4.39 Å². The van der Waals surface area contributed by atoms with Crippen LogP contribution >= 0.6 is 0 Å². The first-order valence-electron chi connectivity index (χ1n) is 9.84. The van der Waals surface area contributed by atoms with E-state index >= 15 is 0 Å². The molecule has 6 nitrogen and oxygen atoms in total.